The number of amides is 2. The van der Waals surface area contributed by atoms with E-state index < -0.39 is 24.4 Å². The van der Waals surface area contributed by atoms with Crippen LogP contribution in [0.1, 0.15) is 29.1 Å². The average Bonchev–Trinajstić information content (AvgIpc) is 3.25. The van der Waals surface area contributed by atoms with Gasteiger partial charge in [-0.05, 0) is 42.0 Å². The Hall–Kier alpha value is -3.61. The third-order valence-electron chi connectivity index (χ3n) is 4.12. The maximum atomic E-state index is 12.2. The highest BCUT2D eigenvalue weighted by atomic mass is 16.5. The van der Waals surface area contributed by atoms with Crippen LogP contribution in [-0.4, -0.2) is 30.9 Å². The molecule has 0 unspecified atom stereocenters. The highest BCUT2D eigenvalue weighted by molar-refractivity contribution is 5.99. The summed E-state index contributed by atoms with van der Waals surface area (Å²) >= 11 is 0. The van der Waals surface area contributed by atoms with Crippen LogP contribution in [0.5, 0.6) is 0 Å². The Kier molecular flexibility index (Phi) is 6.06. The van der Waals surface area contributed by atoms with Gasteiger partial charge in [-0.3, -0.25) is 14.4 Å². The first kappa shape index (κ1) is 19.2. The smallest absolute Gasteiger partial charge is 0.325 e. The van der Waals surface area contributed by atoms with Crippen LogP contribution >= 0.6 is 0 Å². The third-order valence-corrected chi connectivity index (χ3v) is 4.12. The van der Waals surface area contributed by atoms with Crippen LogP contribution in [0.2, 0.25) is 0 Å². The molecule has 144 valence electrons. The Morgan fingerprint density at radius 2 is 1.82 bits per heavy atom. The van der Waals surface area contributed by atoms with Crippen LogP contribution in [0.15, 0.2) is 65.3 Å². The van der Waals surface area contributed by atoms with Crippen molar-refractivity contribution in [2.75, 3.05) is 13.2 Å². The summed E-state index contributed by atoms with van der Waals surface area (Å²) in [6.45, 7) is 0.991. The molecule has 0 aliphatic rings. The van der Waals surface area contributed by atoms with Crippen molar-refractivity contribution in [3.63, 3.8) is 0 Å². The molecular formula is C21H20N2O5. The molecule has 0 aliphatic heterocycles. The van der Waals surface area contributed by atoms with Crippen LogP contribution in [0, 0.1) is 0 Å². The molecule has 7 nitrogen and oxygen atoms in total. The van der Waals surface area contributed by atoms with E-state index in [0.29, 0.717) is 11.3 Å². The zero-order chi connectivity index (χ0) is 19.9. The van der Waals surface area contributed by atoms with Crippen molar-refractivity contribution in [1.29, 1.82) is 0 Å². The van der Waals surface area contributed by atoms with Gasteiger partial charge in [0.2, 0.25) is 0 Å². The number of hydrogen-bond donors (Lipinski definition) is 2. The number of benzene rings is 2. The molecule has 1 aromatic heterocycles. The lowest BCUT2D eigenvalue weighted by Crippen LogP contribution is -2.34. The van der Waals surface area contributed by atoms with Crippen LogP contribution in [0.25, 0.3) is 10.8 Å². The van der Waals surface area contributed by atoms with Crippen LogP contribution < -0.4 is 10.6 Å². The minimum atomic E-state index is -0.699. The van der Waals surface area contributed by atoms with Gasteiger partial charge >= 0.3 is 5.97 Å². The van der Waals surface area contributed by atoms with Gasteiger partial charge in [0, 0.05) is 5.56 Å². The van der Waals surface area contributed by atoms with Gasteiger partial charge in [-0.25, -0.2) is 0 Å². The molecule has 1 heterocycles. The molecule has 0 saturated heterocycles. The van der Waals surface area contributed by atoms with E-state index in [0.717, 1.165) is 10.8 Å². The highest BCUT2D eigenvalue weighted by Crippen LogP contribution is 2.15. The quantitative estimate of drug-likeness (QED) is 0.614. The first-order chi connectivity index (χ1) is 13.5. The van der Waals surface area contributed by atoms with Gasteiger partial charge in [0.05, 0.1) is 12.3 Å². The lowest BCUT2D eigenvalue weighted by molar-refractivity contribution is -0.147. The molecule has 2 aromatic carbocycles. The number of furan rings is 1. The lowest BCUT2D eigenvalue weighted by Gasteiger charge is -2.11. The summed E-state index contributed by atoms with van der Waals surface area (Å²) in [7, 11) is 0. The first-order valence-electron chi connectivity index (χ1n) is 8.78. The highest BCUT2D eigenvalue weighted by Gasteiger charge is 2.14. The maximum absolute atomic E-state index is 12.2. The molecule has 1 atom stereocenters. The van der Waals surface area contributed by atoms with Crippen LogP contribution in [0.3, 0.4) is 0 Å². The molecule has 0 radical (unpaired) electrons. The summed E-state index contributed by atoms with van der Waals surface area (Å²) in [5, 5.41) is 7.09. The number of ether oxygens (including phenoxy) is 1. The standard InChI is InChI=1S/C21H20N2O5/c1-14(18-7-4-10-27-18)23-19(24)13-28-20(25)12-22-21(26)17-9-8-15-5-2-3-6-16(15)11-17/h2-11,14H,12-13H2,1H3,(H,22,26)(H,23,24)/t14-/m1/s1. The van der Waals surface area contributed by atoms with Gasteiger partial charge in [-0.1, -0.05) is 30.3 Å². The summed E-state index contributed by atoms with van der Waals surface area (Å²) in [6.07, 6.45) is 1.51. The average molecular weight is 380 g/mol. The molecule has 0 saturated carbocycles. The fourth-order valence-electron chi connectivity index (χ4n) is 2.67. The second-order valence-corrected chi connectivity index (χ2v) is 6.21. The first-order valence-corrected chi connectivity index (χ1v) is 8.78. The van der Waals surface area contributed by atoms with E-state index in [9.17, 15) is 14.4 Å². The van der Waals surface area contributed by atoms with E-state index in [4.69, 9.17) is 9.15 Å². The van der Waals surface area contributed by atoms with Crippen LogP contribution in [0.4, 0.5) is 0 Å². The topological polar surface area (TPSA) is 97.6 Å². The largest absolute Gasteiger partial charge is 0.467 e. The number of esters is 1. The Morgan fingerprint density at radius 3 is 2.57 bits per heavy atom. The summed E-state index contributed by atoms with van der Waals surface area (Å²) in [6, 6.07) is 16.1. The van der Waals surface area contributed by atoms with E-state index >= 15 is 0 Å². The fraction of sp³-hybridized carbons (Fsp3) is 0.190. The van der Waals surface area contributed by atoms with Gasteiger partial charge in [0.15, 0.2) is 6.61 Å². The van der Waals surface area contributed by atoms with E-state index in [-0.39, 0.29) is 12.6 Å². The van der Waals surface area contributed by atoms with Crippen molar-refractivity contribution in [2.45, 2.75) is 13.0 Å². The minimum Gasteiger partial charge on any atom is -0.467 e. The van der Waals surface area contributed by atoms with Crippen molar-refractivity contribution in [2.24, 2.45) is 0 Å². The second kappa shape index (κ2) is 8.85. The number of carbonyl (C=O) groups excluding carboxylic acids is 3. The maximum Gasteiger partial charge on any atom is 0.325 e. The van der Waals surface area contributed by atoms with Gasteiger partial charge in [-0.2, -0.15) is 0 Å². The lowest BCUT2D eigenvalue weighted by atomic mass is 10.1. The minimum absolute atomic E-state index is 0.327. The van der Waals surface area contributed by atoms with E-state index in [1.54, 1.807) is 31.2 Å². The zero-order valence-corrected chi connectivity index (χ0v) is 15.3. The molecule has 7 heteroatoms. The zero-order valence-electron chi connectivity index (χ0n) is 15.3. The van der Waals surface area contributed by atoms with Gasteiger partial charge in [0.1, 0.15) is 12.3 Å². The Bertz CT molecular complexity index is 981. The number of fused-ring (bicyclic) bond motifs is 1. The molecule has 0 fully saturated rings. The monoisotopic (exact) mass is 380 g/mol. The molecule has 2 amide bonds. The summed E-state index contributed by atoms with van der Waals surface area (Å²) < 4.78 is 10.1. The van der Waals surface area contributed by atoms with Gasteiger partial charge in [-0.15, -0.1) is 0 Å². The van der Waals surface area contributed by atoms with Crippen molar-refractivity contribution in [3.05, 3.63) is 72.2 Å². The summed E-state index contributed by atoms with van der Waals surface area (Å²) in [4.78, 5) is 35.8. The molecule has 0 bridgehead atoms. The molecule has 0 spiro atoms. The Balaban J connectivity index is 1.43. The number of carbonyl (C=O) groups is 3. The predicted octanol–water partition coefficient (Wildman–Crippen LogP) is 2.58. The van der Waals surface area contributed by atoms with Gasteiger partial charge in [0.25, 0.3) is 11.8 Å². The van der Waals surface area contributed by atoms with Crippen molar-refractivity contribution in [1.82, 2.24) is 10.6 Å². The Labute approximate surface area is 161 Å². The van der Waals surface area contributed by atoms with Crippen molar-refractivity contribution in [3.8, 4) is 0 Å². The SMILES string of the molecule is C[C@@H](NC(=O)COC(=O)CNC(=O)c1ccc2ccccc2c1)c1ccco1. The number of nitrogens with one attached hydrogen (secondary N) is 2. The van der Waals surface area contributed by atoms with E-state index in [2.05, 4.69) is 10.6 Å². The molecule has 3 aromatic rings. The normalized spacial score (nSPS) is 11.6. The second-order valence-electron chi connectivity index (χ2n) is 6.21. The number of hydrogen-bond acceptors (Lipinski definition) is 5. The molecule has 0 aliphatic carbocycles. The fourth-order valence-corrected chi connectivity index (χ4v) is 2.67. The van der Waals surface area contributed by atoms with Crippen LogP contribution in [-0.2, 0) is 14.3 Å². The van der Waals surface area contributed by atoms with Crippen molar-refractivity contribution >= 4 is 28.6 Å². The van der Waals surface area contributed by atoms with E-state index in [1.807, 2.05) is 30.3 Å². The summed E-state index contributed by atoms with van der Waals surface area (Å²) in [5.41, 5.74) is 0.441. The molecular weight excluding hydrogens is 360 g/mol. The Morgan fingerprint density at radius 1 is 1.04 bits per heavy atom. The third kappa shape index (κ3) is 4.97. The number of rotatable bonds is 7. The van der Waals surface area contributed by atoms with E-state index in [1.165, 1.54) is 6.26 Å². The molecule has 3 rings (SSSR count). The molecule has 28 heavy (non-hydrogen) atoms. The van der Waals surface area contributed by atoms with Gasteiger partial charge < -0.3 is 19.8 Å². The summed E-state index contributed by atoms with van der Waals surface area (Å²) in [5.74, 6) is -0.950. The van der Waals surface area contributed by atoms with Crippen molar-refractivity contribution < 1.29 is 23.5 Å². The predicted molar refractivity (Wildman–Crippen MR) is 103 cm³/mol. The molecule has 2 N–H and O–H groups in total.